The minimum absolute atomic E-state index is 0.0581. The van der Waals surface area contributed by atoms with Gasteiger partial charge in [-0.3, -0.25) is 4.79 Å². The van der Waals surface area contributed by atoms with Crippen molar-refractivity contribution in [3.63, 3.8) is 0 Å². The summed E-state index contributed by atoms with van der Waals surface area (Å²) in [5.41, 5.74) is 5.72. The zero-order valence-electron chi connectivity index (χ0n) is 19.5. The van der Waals surface area contributed by atoms with Gasteiger partial charge in [0.2, 0.25) is 5.91 Å². The van der Waals surface area contributed by atoms with Crippen LogP contribution in [0.1, 0.15) is 55.9 Å². The molecule has 3 rings (SSSR count). The smallest absolute Gasteiger partial charge is 0.221 e. The normalized spacial score (nSPS) is 12.2. The van der Waals surface area contributed by atoms with E-state index >= 15 is 0 Å². The molecule has 0 radical (unpaired) electrons. The summed E-state index contributed by atoms with van der Waals surface area (Å²) in [5.74, 6) is 1.72. The third kappa shape index (κ3) is 6.84. The first-order valence-corrected chi connectivity index (χ1v) is 11.3. The lowest BCUT2D eigenvalue weighted by atomic mass is 9.96. The summed E-state index contributed by atoms with van der Waals surface area (Å²) < 4.78 is 6.23. The number of anilines is 1. The number of nitrogens with one attached hydrogen (secondary N) is 1. The fourth-order valence-electron chi connectivity index (χ4n) is 3.71. The first-order chi connectivity index (χ1) is 15.4. The van der Waals surface area contributed by atoms with E-state index in [1.165, 1.54) is 23.6 Å². The predicted octanol–water partition coefficient (Wildman–Crippen LogP) is 7.24. The molecule has 1 unspecified atom stereocenters. The van der Waals surface area contributed by atoms with Gasteiger partial charge in [0.15, 0.2) is 0 Å². The van der Waals surface area contributed by atoms with Crippen LogP contribution in [-0.4, -0.2) is 5.91 Å². The second-order valence-corrected chi connectivity index (χ2v) is 8.59. The standard InChI is InChI=1S/C29H33NO2/c1-21(2)28-11-7-8-12-29(28)32-20-26-10-6-5-9-25(26)19-22(3)13-14-24-15-17-27(18-16-24)30-23(4)31/h5-18,21-22H,19-20H2,1-4H3,(H,30,31)/b14-13+. The first kappa shape index (κ1) is 23.3. The van der Waals surface area contributed by atoms with Crippen molar-refractivity contribution in [3.8, 4) is 5.75 Å². The Labute approximate surface area is 192 Å². The van der Waals surface area contributed by atoms with Crippen molar-refractivity contribution < 1.29 is 9.53 Å². The number of para-hydroxylation sites is 1. The van der Waals surface area contributed by atoms with Gasteiger partial charge in [0.05, 0.1) is 0 Å². The Balaban J connectivity index is 1.63. The molecule has 166 valence electrons. The minimum atomic E-state index is -0.0581. The molecule has 0 saturated heterocycles. The molecule has 0 heterocycles. The zero-order valence-corrected chi connectivity index (χ0v) is 19.5. The highest BCUT2D eigenvalue weighted by Gasteiger charge is 2.10. The van der Waals surface area contributed by atoms with Crippen molar-refractivity contribution in [2.24, 2.45) is 5.92 Å². The average molecular weight is 428 g/mol. The van der Waals surface area contributed by atoms with Gasteiger partial charge in [-0.05, 0) is 58.7 Å². The second-order valence-electron chi connectivity index (χ2n) is 8.59. The lowest BCUT2D eigenvalue weighted by Gasteiger charge is -2.16. The number of carbonyl (C=O) groups excluding carboxylic acids is 1. The Morgan fingerprint density at radius 2 is 1.56 bits per heavy atom. The van der Waals surface area contributed by atoms with Crippen LogP contribution in [0.2, 0.25) is 0 Å². The number of benzene rings is 3. The van der Waals surface area contributed by atoms with Crippen LogP contribution in [0.3, 0.4) is 0 Å². The molecular formula is C29H33NO2. The second kappa shape index (κ2) is 11.3. The van der Waals surface area contributed by atoms with Gasteiger partial charge in [-0.25, -0.2) is 0 Å². The van der Waals surface area contributed by atoms with Crippen molar-refractivity contribution in [1.29, 1.82) is 0 Å². The number of hydrogen-bond acceptors (Lipinski definition) is 2. The first-order valence-electron chi connectivity index (χ1n) is 11.3. The molecule has 1 N–H and O–H groups in total. The average Bonchev–Trinajstić information content (AvgIpc) is 2.78. The van der Waals surface area contributed by atoms with E-state index < -0.39 is 0 Å². The summed E-state index contributed by atoms with van der Waals surface area (Å²) in [7, 11) is 0. The largest absolute Gasteiger partial charge is 0.489 e. The summed E-state index contributed by atoms with van der Waals surface area (Å²) in [6.45, 7) is 8.70. The fourth-order valence-corrected chi connectivity index (χ4v) is 3.71. The summed E-state index contributed by atoms with van der Waals surface area (Å²) in [5, 5.41) is 2.79. The molecule has 0 aliphatic heterocycles. The lowest BCUT2D eigenvalue weighted by molar-refractivity contribution is -0.114. The Kier molecular flexibility index (Phi) is 8.27. The number of ether oxygens (including phenoxy) is 1. The Hall–Kier alpha value is -3.33. The van der Waals surface area contributed by atoms with E-state index in [9.17, 15) is 4.79 Å². The molecule has 1 atom stereocenters. The predicted molar refractivity (Wildman–Crippen MR) is 134 cm³/mol. The monoisotopic (exact) mass is 427 g/mol. The van der Waals surface area contributed by atoms with Gasteiger partial charge in [0.25, 0.3) is 0 Å². The van der Waals surface area contributed by atoms with E-state index in [0.717, 1.165) is 23.4 Å². The van der Waals surface area contributed by atoms with Crippen molar-refractivity contribution in [3.05, 3.63) is 101 Å². The number of carbonyl (C=O) groups is 1. The van der Waals surface area contributed by atoms with Crippen molar-refractivity contribution in [2.75, 3.05) is 5.32 Å². The summed E-state index contributed by atoms with van der Waals surface area (Å²) >= 11 is 0. The molecule has 3 nitrogen and oxygen atoms in total. The molecule has 3 aromatic carbocycles. The molecule has 1 amide bonds. The van der Waals surface area contributed by atoms with Crippen molar-refractivity contribution in [1.82, 2.24) is 0 Å². The fraction of sp³-hybridized carbons (Fsp3) is 0.276. The highest BCUT2D eigenvalue weighted by atomic mass is 16.5. The maximum absolute atomic E-state index is 11.2. The molecule has 0 spiro atoms. The maximum Gasteiger partial charge on any atom is 0.221 e. The number of hydrogen-bond donors (Lipinski definition) is 1. The van der Waals surface area contributed by atoms with Crippen molar-refractivity contribution in [2.45, 2.75) is 46.6 Å². The van der Waals surface area contributed by atoms with E-state index in [1.54, 1.807) is 0 Å². The highest BCUT2D eigenvalue weighted by Crippen LogP contribution is 2.27. The lowest BCUT2D eigenvalue weighted by Crippen LogP contribution is -2.05. The van der Waals surface area contributed by atoms with E-state index in [4.69, 9.17) is 4.74 Å². The van der Waals surface area contributed by atoms with E-state index in [0.29, 0.717) is 18.4 Å². The van der Waals surface area contributed by atoms with Crippen LogP contribution in [-0.2, 0) is 17.8 Å². The molecule has 32 heavy (non-hydrogen) atoms. The molecule has 0 bridgehead atoms. The van der Waals surface area contributed by atoms with Crippen LogP contribution in [0.5, 0.6) is 5.75 Å². The number of allylic oxidation sites excluding steroid dienone is 1. The topological polar surface area (TPSA) is 38.3 Å². The van der Waals surface area contributed by atoms with Crippen LogP contribution in [0.15, 0.2) is 78.9 Å². The third-order valence-corrected chi connectivity index (χ3v) is 5.43. The summed E-state index contributed by atoms with van der Waals surface area (Å²) in [4.78, 5) is 11.2. The summed E-state index contributed by atoms with van der Waals surface area (Å²) in [6, 6.07) is 24.7. The van der Waals surface area contributed by atoms with Gasteiger partial charge in [-0.15, -0.1) is 0 Å². The van der Waals surface area contributed by atoms with Crippen molar-refractivity contribution >= 4 is 17.7 Å². The van der Waals surface area contributed by atoms with Gasteiger partial charge in [0, 0.05) is 12.6 Å². The molecule has 0 aromatic heterocycles. The SMILES string of the molecule is CC(=O)Nc1ccc(/C=C/C(C)Cc2ccccc2COc2ccccc2C(C)C)cc1. The van der Waals surface area contributed by atoms with Crippen LogP contribution < -0.4 is 10.1 Å². The maximum atomic E-state index is 11.2. The third-order valence-electron chi connectivity index (χ3n) is 5.43. The van der Waals surface area contributed by atoms with E-state index in [2.05, 4.69) is 80.7 Å². The molecular weight excluding hydrogens is 394 g/mol. The molecule has 3 aromatic rings. The Morgan fingerprint density at radius 3 is 2.25 bits per heavy atom. The number of amides is 1. The van der Waals surface area contributed by atoms with Gasteiger partial charge >= 0.3 is 0 Å². The van der Waals surface area contributed by atoms with Crippen LogP contribution in [0, 0.1) is 5.92 Å². The molecule has 3 heteroatoms. The zero-order chi connectivity index (χ0) is 22.9. The minimum Gasteiger partial charge on any atom is -0.489 e. The Morgan fingerprint density at radius 1 is 0.906 bits per heavy atom. The summed E-state index contributed by atoms with van der Waals surface area (Å²) in [6.07, 6.45) is 5.32. The Bertz CT molecular complexity index is 1050. The van der Waals surface area contributed by atoms with E-state index in [1.807, 2.05) is 30.3 Å². The highest BCUT2D eigenvalue weighted by molar-refractivity contribution is 5.88. The molecule has 0 aliphatic carbocycles. The van der Waals surface area contributed by atoms with Gasteiger partial charge in [-0.1, -0.05) is 87.5 Å². The molecule has 0 aliphatic rings. The molecule has 0 fully saturated rings. The van der Waals surface area contributed by atoms with Gasteiger partial charge in [-0.2, -0.15) is 0 Å². The van der Waals surface area contributed by atoms with Crippen LogP contribution >= 0.6 is 0 Å². The number of rotatable bonds is 9. The van der Waals surface area contributed by atoms with Gasteiger partial charge < -0.3 is 10.1 Å². The van der Waals surface area contributed by atoms with Gasteiger partial charge in [0.1, 0.15) is 12.4 Å². The van der Waals surface area contributed by atoms with E-state index in [-0.39, 0.29) is 5.91 Å². The van der Waals surface area contributed by atoms with Crippen LogP contribution in [0.4, 0.5) is 5.69 Å². The van der Waals surface area contributed by atoms with Crippen LogP contribution in [0.25, 0.3) is 6.08 Å². The molecule has 0 saturated carbocycles. The quantitative estimate of drug-likeness (QED) is 0.391.